The normalized spacial score (nSPS) is 11.0. The van der Waals surface area contributed by atoms with Crippen LogP contribution >= 0.6 is 0 Å². The Morgan fingerprint density at radius 2 is 1.11 bits per heavy atom. The maximum Gasteiger partial charge on any atom is 0.333 e. The third kappa shape index (κ3) is 8.77. The minimum atomic E-state index is -1.32. The number of ether oxygens (including phenoxy) is 6. The van der Waals surface area contributed by atoms with Crippen LogP contribution in [0.15, 0.2) is 73.8 Å². The second-order valence-corrected chi connectivity index (χ2v) is 7.96. The van der Waals surface area contributed by atoms with E-state index >= 15 is 0 Å². The van der Waals surface area contributed by atoms with Crippen molar-refractivity contribution >= 4 is 11.9 Å². The van der Waals surface area contributed by atoms with Gasteiger partial charge in [-0.3, -0.25) is 0 Å². The van der Waals surface area contributed by atoms with Crippen LogP contribution in [-0.2, 0) is 34.0 Å². The van der Waals surface area contributed by atoms with Gasteiger partial charge in [0.05, 0.1) is 18.6 Å². The first kappa shape index (κ1) is 29.6. The van der Waals surface area contributed by atoms with E-state index in [9.17, 15) is 9.59 Å². The SMILES string of the molecule is C=CC(=O)OC(OC(=O)C=C)C(C)(c1ccc(OCCOCC)cc1)c1ccc(OCCOCC)cc1. The van der Waals surface area contributed by atoms with Crippen LogP contribution < -0.4 is 9.47 Å². The maximum atomic E-state index is 12.2. The standard InChI is InChI=1S/C29H36O8/c1-6-26(30)36-28(37-27(31)7-2)29(5,22-10-14-24(15-11-22)34-20-18-32-8-3)23-12-16-25(17-13-23)35-21-19-33-9-4/h6-7,10-17,28H,1-2,8-9,18-21H2,3-5H3. The molecule has 2 aromatic carbocycles. The van der Waals surface area contributed by atoms with E-state index in [4.69, 9.17) is 28.4 Å². The number of hydrogen-bond acceptors (Lipinski definition) is 8. The van der Waals surface area contributed by atoms with Crippen molar-refractivity contribution in [2.24, 2.45) is 0 Å². The molecule has 0 saturated heterocycles. The summed E-state index contributed by atoms with van der Waals surface area (Å²) in [7, 11) is 0. The predicted molar refractivity (Wildman–Crippen MR) is 140 cm³/mol. The fourth-order valence-electron chi connectivity index (χ4n) is 3.53. The molecule has 37 heavy (non-hydrogen) atoms. The van der Waals surface area contributed by atoms with Gasteiger partial charge in [-0.05, 0) is 56.2 Å². The summed E-state index contributed by atoms with van der Waals surface area (Å²) in [6.07, 6.45) is 0.706. The molecule has 0 aliphatic rings. The number of rotatable bonds is 17. The molecule has 8 nitrogen and oxygen atoms in total. The first-order valence-electron chi connectivity index (χ1n) is 12.2. The largest absolute Gasteiger partial charge is 0.491 e. The highest BCUT2D eigenvalue weighted by Crippen LogP contribution is 2.39. The quantitative estimate of drug-likeness (QED) is 0.131. The lowest BCUT2D eigenvalue weighted by Gasteiger charge is -2.37. The highest BCUT2D eigenvalue weighted by atomic mass is 16.7. The Kier molecular flexibility index (Phi) is 12.4. The molecule has 0 fully saturated rings. The van der Waals surface area contributed by atoms with Crippen LogP contribution in [0.1, 0.15) is 31.9 Å². The van der Waals surface area contributed by atoms with E-state index < -0.39 is 23.6 Å². The van der Waals surface area contributed by atoms with Gasteiger partial charge in [-0.25, -0.2) is 9.59 Å². The van der Waals surface area contributed by atoms with Crippen LogP contribution in [0.25, 0.3) is 0 Å². The minimum absolute atomic E-state index is 0.408. The van der Waals surface area contributed by atoms with E-state index in [0.717, 1.165) is 12.2 Å². The summed E-state index contributed by atoms with van der Waals surface area (Å²) in [4.78, 5) is 24.5. The molecule has 2 aromatic rings. The first-order chi connectivity index (χ1) is 17.9. The third-order valence-electron chi connectivity index (χ3n) is 5.56. The van der Waals surface area contributed by atoms with Crippen molar-refractivity contribution in [3.05, 3.63) is 85.0 Å². The van der Waals surface area contributed by atoms with Crippen molar-refractivity contribution in [3.8, 4) is 11.5 Å². The highest BCUT2D eigenvalue weighted by Gasteiger charge is 2.43. The van der Waals surface area contributed by atoms with Crippen LogP contribution in [0, 0.1) is 0 Å². The summed E-state index contributed by atoms with van der Waals surface area (Å²) < 4.78 is 33.2. The number of hydrogen-bond donors (Lipinski definition) is 0. The van der Waals surface area contributed by atoms with Crippen molar-refractivity contribution in [1.82, 2.24) is 0 Å². The Bertz CT molecular complexity index is 920. The van der Waals surface area contributed by atoms with Gasteiger partial charge < -0.3 is 28.4 Å². The van der Waals surface area contributed by atoms with Gasteiger partial charge in [-0.15, -0.1) is 0 Å². The zero-order chi connectivity index (χ0) is 27.1. The fourth-order valence-corrected chi connectivity index (χ4v) is 3.53. The van der Waals surface area contributed by atoms with E-state index in [0.29, 0.717) is 62.3 Å². The number of carbonyl (C=O) groups is 2. The van der Waals surface area contributed by atoms with Crippen molar-refractivity contribution in [1.29, 1.82) is 0 Å². The van der Waals surface area contributed by atoms with Gasteiger partial charge in [-0.2, -0.15) is 0 Å². The molecule has 0 spiro atoms. The Balaban J connectivity index is 2.43. The first-order valence-corrected chi connectivity index (χ1v) is 12.2. The van der Waals surface area contributed by atoms with Crippen LogP contribution in [0.3, 0.4) is 0 Å². The topological polar surface area (TPSA) is 89.5 Å². The Labute approximate surface area is 218 Å². The lowest BCUT2D eigenvalue weighted by Crippen LogP contribution is -2.43. The summed E-state index contributed by atoms with van der Waals surface area (Å²) in [5.74, 6) is -0.183. The molecule has 0 amide bonds. The monoisotopic (exact) mass is 512 g/mol. The molecule has 0 aromatic heterocycles. The van der Waals surface area contributed by atoms with Crippen LogP contribution in [0.2, 0.25) is 0 Å². The van der Waals surface area contributed by atoms with Crippen LogP contribution in [-0.4, -0.2) is 57.9 Å². The van der Waals surface area contributed by atoms with E-state index in [2.05, 4.69) is 13.2 Å². The average molecular weight is 513 g/mol. The molecule has 200 valence electrons. The van der Waals surface area contributed by atoms with Gasteiger partial charge in [0.2, 0.25) is 0 Å². The lowest BCUT2D eigenvalue weighted by molar-refractivity contribution is -0.190. The number of carbonyl (C=O) groups excluding carboxylic acids is 2. The van der Waals surface area contributed by atoms with E-state index in [1.165, 1.54) is 0 Å². The molecular weight excluding hydrogens is 476 g/mol. The lowest BCUT2D eigenvalue weighted by atomic mass is 9.75. The van der Waals surface area contributed by atoms with E-state index in [1.54, 1.807) is 24.3 Å². The molecule has 0 atom stereocenters. The van der Waals surface area contributed by atoms with Gasteiger partial charge in [0.25, 0.3) is 6.29 Å². The molecule has 2 rings (SSSR count). The highest BCUT2D eigenvalue weighted by molar-refractivity contribution is 5.83. The third-order valence-corrected chi connectivity index (χ3v) is 5.56. The van der Waals surface area contributed by atoms with Crippen LogP contribution in [0.4, 0.5) is 0 Å². The molecule has 0 aliphatic heterocycles. The average Bonchev–Trinajstić information content (AvgIpc) is 2.93. The molecule has 0 radical (unpaired) electrons. The molecule has 8 heteroatoms. The maximum absolute atomic E-state index is 12.2. The Morgan fingerprint density at radius 3 is 1.43 bits per heavy atom. The van der Waals surface area contributed by atoms with Crippen molar-refractivity contribution in [2.75, 3.05) is 39.6 Å². The van der Waals surface area contributed by atoms with Gasteiger partial charge >= 0.3 is 11.9 Å². The van der Waals surface area contributed by atoms with Gasteiger partial charge in [0.15, 0.2) is 0 Å². The van der Waals surface area contributed by atoms with Crippen molar-refractivity contribution in [2.45, 2.75) is 32.5 Å². The smallest absolute Gasteiger partial charge is 0.333 e. The summed E-state index contributed by atoms with van der Waals surface area (Å²) in [6.45, 7) is 15.6. The predicted octanol–water partition coefficient (Wildman–Crippen LogP) is 4.61. The molecular formula is C29H36O8. The second-order valence-electron chi connectivity index (χ2n) is 7.96. The zero-order valence-corrected chi connectivity index (χ0v) is 21.8. The number of benzene rings is 2. The van der Waals surface area contributed by atoms with E-state index in [-0.39, 0.29) is 0 Å². The van der Waals surface area contributed by atoms with Gasteiger partial charge in [0.1, 0.15) is 24.7 Å². The van der Waals surface area contributed by atoms with Crippen molar-refractivity contribution in [3.63, 3.8) is 0 Å². The minimum Gasteiger partial charge on any atom is -0.491 e. The Hall–Kier alpha value is -3.62. The molecule has 0 N–H and O–H groups in total. The molecule has 0 unspecified atom stereocenters. The molecule has 0 saturated carbocycles. The summed E-state index contributed by atoms with van der Waals surface area (Å²) in [6, 6.07) is 14.5. The Morgan fingerprint density at radius 1 is 0.730 bits per heavy atom. The molecule has 0 heterocycles. The summed E-state index contributed by atoms with van der Waals surface area (Å²) in [5, 5.41) is 0. The molecule has 0 aliphatic carbocycles. The zero-order valence-electron chi connectivity index (χ0n) is 21.8. The van der Waals surface area contributed by atoms with Crippen LogP contribution in [0.5, 0.6) is 11.5 Å². The molecule has 0 bridgehead atoms. The summed E-state index contributed by atoms with van der Waals surface area (Å²) >= 11 is 0. The van der Waals surface area contributed by atoms with Gasteiger partial charge in [0, 0.05) is 25.4 Å². The van der Waals surface area contributed by atoms with Gasteiger partial charge in [-0.1, -0.05) is 37.4 Å². The van der Waals surface area contributed by atoms with Crippen molar-refractivity contribution < 1.29 is 38.0 Å². The number of esters is 2. The van der Waals surface area contributed by atoms with E-state index in [1.807, 2.05) is 45.0 Å². The second kappa shape index (κ2) is 15.5. The summed E-state index contributed by atoms with van der Waals surface area (Å²) in [5.41, 5.74) is 0.326. The fraction of sp³-hybridized carbons (Fsp3) is 0.379.